The third kappa shape index (κ3) is 5.04. The predicted octanol–water partition coefficient (Wildman–Crippen LogP) is 2.19. The molecule has 0 saturated carbocycles. The van der Waals surface area contributed by atoms with Crippen LogP contribution in [-0.2, 0) is 20.7 Å². The van der Waals surface area contributed by atoms with Gasteiger partial charge >= 0.3 is 0 Å². The lowest BCUT2D eigenvalue weighted by Gasteiger charge is -2.20. The Bertz CT molecular complexity index is 706. The van der Waals surface area contributed by atoms with Gasteiger partial charge in [0.05, 0.1) is 0 Å². The summed E-state index contributed by atoms with van der Waals surface area (Å²) in [6.45, 7) is 0. The van der Waals surface area contributed by atoms with Crippen LogP contribution in [0.3, 0.4) is 0 Å². The number of hydrogen-bond acceptors (Lipinski definition) is 3. The molecule has 0 unspecified atom stereocenters. The second kappa shape index (κ2) is 8.79. The minimum Gasteiger partial charge on any atom is -0.368 e. The van der Waals surface area contributed by atoms with E-state index in [0.29, 0.717) is 6.42 Å². The SMILES string of the molecule is CO[C@@H](C(=O)N[C@@H](Cc1cccc(I)c1)C(N)=O)c1ccccc1. The number of primary amides is 1. The number of carbonyl (C=O) groups excluding carboxylic acids is 2. The summed E-state index contributed by atoms with van der Waals surface area (Å²) in [5.74, 6) is -0.969. The van der Waals surface area contributed by atoms with Gasteiger partial charge in [-0.1, -0.05) is 42.5 Å². The molecule has 0 bridgehead atoms. The topological polar surface area (TPSA) is 81.4 Å². The Morgan fingerprint density at radius 2 is 1.88 bits per heavy atom. The van der Waals surface area contributed by atoms with E-state index in [-0.39, 0.29) is 0 Å². The molecule has 0 aliphatic carbocycles. The maximum absolute atomic E-state index is 12.5. The molecule has 0 aliphatic heterocycles. The molecular weight excluding hydrogens is 419 g/mol. The third-order valence-electron chi connectivity index (χ3n) is 3.56. The summed E-state index contributed by atoms with van der Waals surface area (Å²) in [7, 11) is 1.45. The lowest BCUT2D eigenvalue weighted by atomic mass is 10.0. The van der Waals surface area contributed by atoms with Crippen LogP contribution in [-0.4, -0.2) is 25.0 Å². The van der Waals surface area contributed by atoms with Gasteiger partial charge in [-0.2, -0.15) is 0 Å². The van der Waals surface area contributed by atoms with E-state index in [1.54, 1.807) is 12.1 Å². The van der Waals surface area contributed by atoms with E-state index in [1.165, 1.54) is 7.11 Å². The monoisotopic (exact) mass is 438 g/mol. The first-order valence-electron chi connectivity index (χ1n) is 7.43. The fourth-order valence-electron chi connectivity index (χ4n) is 2.39. The molecule has 2 atom stereocenters. The van der Waals surface area contributed by atoms with Gasteiger partial charge in [0.2, 0.25) is 5.91 Å². The Kier molecular flexibility index (Phi) is 6.74. The summed E-state index contributed by atoms with van der Waals surface area (Å²) in [5, 5.41) is 2.69. The zero-order chi connectivity index (χ0) is 17.5. The molecule has 0 saturated heterocycles. The maximum atomic E-state index is 12.5. The van der Waals surface area contributed by atoms with Crippen LogP contribution in [0.1, 0.15) is 17.2 Å². The van der Waals surface area contributed by atoms with Crippen molar-refractivity contribution in [2.45, 2.75) is 18.6 Å². The number of ether oxygens (including phenoxy) is 1. The molecule has 0 aromatic heterocycles. The summed E-state index contributed by atoms with van der Waals surface area (Å²) in [5.41, 5.74) is 7.10. The predicted molar refractivity (Wildman–Crippen MR) is 100 cm³/mol. The molecule has 0 radical (unpaired) electrons. The Morgan fingerprint density at radius 1 is 1.17 bits per heavy atom. The van der Waals surface area contributed by atoms with E-state index in [1.807, 2.05) is 42.5 Å². The highest BCUT2D eigenvalue weighted by Crippen LogP contribution is 2.17. The number of amides is 2. The van der Waals surface area contributed by atoms with Gasteiger partial charge < -0.3 is 15.8 Å². The molecule has 126 valence electrons. The highest BCUT2D eigenvalue weighted by atomic mass is 127. The highest BCUT2D eigenvalue weighted by Gasteiger charge is 2.25. The summed E-state index contributed by atoms with van der Waals surface area (Å²) in [4.78, 5) is 24.2. The van der Waals surface area contributed by atoms with Crippen molar-refractivity contribution >= 4 is 34.4 Å². The van der Waals surface area contributed by atoms with Gasteiger partial charge in [0.25, 0.3) is 5.91 Å². The first-order chi connectivity index (χ1) is 11.5. The van der Waals surface area contributed by atoms with E-state index < -0.39 is 24.0 Å². The normalized spacial score (nSPS) is 13.1. The average molecular weight is 438 g/mol. The molecule has 2 aromatic carbocycles. The molecule has 5 nitrogen and oxygen atoms in total. The smallest absolute Gasteiger partial charge is 0.254 e. The summed E-state index contributed by atoms with van der Waals surface area (Å²) >= 11 is 2.20. The van der Waals surface area contributed by atoms with Gasteiger partial charge in [-0.15, -0.1) is 0 Å². The van der Waals surface area contributed by atoms with Crippen molar-refractivity contribution in [3.63, 3.8) is 0 Å². The van der Waals surface area contributed by atoms with Crippen molar-refractivity contribution in [2.24, 2.45) is 5.73 Å². The van der Waals surface area contributed by atoms with Crippen LogP contribution in [0, 0.1) is 3.57 Å². The van der Waals surface area contributed by atoms with Crippen LogP contribution in [0.15, 0.2) is 54.6 Å². The number of hydrogen-bond donors (Lipinski definition) is 2. The van der Waals surface area contributed by atoms with Crippen molar-refractivity contribution in [1.82, 2.24) is 5.32 Å². The fourth-order valence-corrected chi connectivity index (χ4v) is 3.00. The number of nitrogens with one attached hydrogen (secondary N) is 1. The van der Waals surface area contributed by atoms with Gasteiger partial charge in [0.1, 0.15) is 6.04 Å². The van der Waals surface area contributed by atoms with Gasteiger partial charge in [-0.25, -0.2) is 0 Å². The van der Waals surface area contributed by atoms with E-state index in [4.69, 9.17) is 10.5 Å². The quantitative estimate of drug-likeness (QED) is 0.651. The molecule has 2 rings (SSSR count). The van der Waals surface area contributed by atoms with Crippen molar-refractivity contribution < 1.29 is 14.3 Å². The Balaban J connectivity index is 2.11. The van der Waals surface area contributed by atoms with Crippen molar-refractivity contribution in [3.05, 3.63) is 69.3 Å². The van der Waals surface area contributed by atoms with Gasteiger partial charge in [0, 0.05) is 17.1 Å². The lowest BCUT2D eigenvalue weighted by Crippen LogP contribution is -2.47. The standard InChI is InChI=1S/C18H19IN2O3/c1-24-16(13-7-3-2-4-8-13)18(23)21-15(17(20)22)11-12-6-5-9-14(19)10-12/h2-10,15-16H,11H2,1H3,(H2,20,22)(H,21,23)/t15-,16+/m0/s1. The Morgan fingerprint density at radius 3 is 2.46 bits per heavy atom. The number of rotatable bonds is 7. The van der Waals surface area contributed by atoms with E-state index in [2.05, 4.69) is 27.9 Å². The van der Waals surface area contributed by atoms with Crippen LogP contribution in [0.25, 0.3) is 0 Å². The lowest BCUT2D eigenvalue weighted by molar-refractivity contribution is -0.134. The Labute approximate surface area is 154 Å². The van der Waals surface area contributed by atoms with Crippen LogP contribution in [0.4, 0.5) is 0 Å². The highest BCUT2D eigenvalue weighted by molar-refractivity contribution is 14.1. The fraction of sp³-hybridized carbons (Fsp3) is 0.222. The van der Waals surface area contributed by atoms with Crippen LogP contribution in [0.2, 0.25) is 0 Å². The minimum atomic E-state index is -0.794. The third-order valence-corrected chi connectivity index (χ3v) is 4.24. The van der Waals surface area contributed by atoms with Crippen molar-refractivity contribution in [2.75, 3.05) is 7.11 Å². The first-order valence-corrected chi connectivity index (χ1v) is 8.51. The van der Waals surface area contributed by atoms with E-state index in [9.17, 15) is 9.59 Å². The van der Waals surface area contributed by atoms with Gasteiger partial charge in [-0.05, 0) is 45.9 Å². The average Bonchev–Trinajstić information content (AvgIpc) is 2.56. The summed E-state index contributed by atoms with van der Waals surface area (Å²) in [6.07, 6.45) is -0.452. The number of methoxy groups -OCH3 is 1. The second-order valence-corrected chi connectivity index (χ2v) is 6.57. The molecule has 0 aliphatic rings. The second-order valence-electron chi connectivity index (χ2n) is 5.32. The molecule has 24 heavy (non-hydrogen) atoms. The number of halogens is 1. The Hall–Kier alpha value is -1.93. The molecular formula is C18H19IN2O3. The zero-order valence-corrected chi connectivity index (χ0v) is 15.4. The number of nitrogens with two attached hydrogens (primary N) is 1. The molecule has 6 heteroatoms. The first kappa shape index (κ1) is 18.4. The summed E-state index contributed by atoms with van der Waals surface area (Å²) < 4.78 is 6.34. The van der Waals surface area contributed by atoms with Crippen LogP contribution in [0.5, 0.6) is 0 Å². The van der Waals surface area contributed by atoms with Crippen LogP contribution < -0.4 is 11.1 Å². The maximum Gasteiger partial charge on any atom is 0.254 e. The zero-order valence-electron chi connectivity index (χ0n) is 13.2. The number of benzene rings is 2. The summed E-state index contributed by atoms with van der Waals surface area (Å²) in [6, 6.07) is 16.0. The van der Waals surface area contributed by atoms with Gasteiger partial charge in [-0.3, -0.25) is 9.59 Å². The largest absolute Gasteiger partial charge is 0.368 e. The molecule has 0 heterocycles. The molecule has 0 spiro atoms. The minimum absolute atomic E-state index is 0.336. The molecule has 0 fully saturated rings. The molecule has 3 N–H and O–H groups in total. The molecule has 2 amide bonds. The van der Waals surface area contributed by atoms with E-state index >= 15 is 0 Å². The van der Waals surface area contributed by atoms with Crippen molar-refractivity contribution in [1.29, 1.82) is 0 Å². The molecule has 2 aromatic rings. The van der Waals surface area contributed by atoms with Gasteiger partial charge in [0.15, 0.2) is 6.10 Å². The number of carbonyl (C=O) groups is 2. The van der Waals surface area contributed by atoms with E-state index in [0.717, 1.165) is 14.7 Å². The van der Waals surface area contributed by atoms with Crippen LogP contribution >= 0.6 is 22.6 Å². The van der Waals surface area contributed by atoms with Crippen molar-refractivity contribution in [3.8, 4) is 0 Å².